The first kappa shape index (κ1) is 14.3. The smallest absolute Gasteiger partial charge is 0.223 e. The minimum Gasteiger partial charge on any atom is -0.437 e. The molecule has 3 nitrogen and oxygen atoms in total. The molecule has 1 aliphatic rings. The van der Waals surface area contributed by atoms with E-state index < -0.39 is 0 Å². The lowest BCUT2D eigenvalue weighted by molar-refractivity contribution is 0.448. The summed E-state index contributed by atoms with van der Waals surface area (Å²) in [5.41, 5.74) is 1.73. The van der Waals surface area contributed by atoms with Gasteiger partial charge in [-0.2, -0.15) is 0 Å². The quantitative estimate of drug-likeness (QED) is 0.897. The van der Waals surface area contributed by atoms with Crippen LogP contribution in [-0.2, 0) is 6.54 Å². The minimum absolute atomic E-state index is 0.370. The summed E-state index contributed by atoms with van der Waals surface area (Å²) >= 11 is 6.12. The molecule has 1 aromatic carbocycles. The number of pyridine rings is 1. The maximum Gasteiger partial charge on any atom is 0.223 e. The highest BCUT2D eigenvalue weighted by Crippen LogP contribution is 2.31. The van der Waals surface area contributed by atoms with E-state index in [4.69, 9.17) is 16.3 Å². The van der Waals surface area contributed by atoms with Crippen LogP contribution < -0.4 is 10.1 Å². The van der Waals surface area contributed by atoms with Gasteiger partial charge < -0.3 is 10.1 Å². The van der Waals surface area contributed by atoms with Crippen LogP contribution in [0.4, 0.5) is 4.39 Å². The molecule has 0 aliphatic heterocycles. The topological polar surface area (TPSA) is 34.1 Å². The van der Waals surface area contributed by atoms with E-state index in [-0.39, 0.29) is 5.82 Å². The molecule has 21 heavy (non-hydrogen) atoms. The average Bonchev–Trinajstić information content (AvgIpc) is 3.27. The normalized spacial score (nSPS) is 14.2. The SMILES string of the molecule is Cc1ccc(Cl)c(Oc2ncc(F)cc2CNC2CC2)c1. The van der Waals surface area contributed by atoms with Gasteiger partial charge in [-0.3, -0.25) is 0 Å². The van der Waals surface area contributed by atoms with Gasteiger partial charge in [0.1, 0.15) is 11.6 Å². The third-order valence-corrected chi connectivity index (χ3v) is 3.66. The number of nitrogens with zero attached hydrogens (tertiary/aromatic N) is 1. The van der Waals surface area contributed by atoms with E-state index in [1.807, 2.05) is 19.1 Å². The molecule has 1 saturated carbocycles. The number of rotatable bonds is 5. The van der Waals surface area contributed by atoms with Crippen LogP contribution in [0.1, 0.15) is 24.0 Å². The van der Waals surface area contributed by atoms with Crippen molar-refractivity contribution in [2.24, 2.45) is 0 Å². The van der Waals surface area contributed by atoms with E-state index in [1.165, 1.54) is 18.9 Å². The summed E-state index contributed by atoms with van der Waals surface area (Å²) < 4.78 is 19.2. The van der Waals surface area contributed by atoms with Crippen molar-refractivity contribution in [3.63, 3.8) is 0 Å². The average molecular weight is 307 g/mol. The molecule has 1 N–H and O–H groups in total. The molecular weight excluding hydrogens is 291 g/mol. The first-order valence-electron chi connectivity index (χ1n) is 6.93. The number of hydrogen-bond donors (Lipinski definition) is 1. The van der Waals surface area contributed by atoms with Crippen molar-refractivity contribution in [3.8, 4) is 11.6 Å². The first-order chi connectivity index (χ1) is 10.1. The molecule has 0 bridgehead atoms. The zero-order valence-corrected chi connectivity index (χ0v) is 12.5. The zero-order valence-electron chi connectivity index (χ0n) is 11.7. The summed E-state index contributed by atoms with van der Waals surface area (Å²) in [6.07, 6.45) is 3.49. The van der Waals surface area contributed by atoms with Crippen LogP contribution in [0, 0.1) is 12.7 Å². The van der Waals surface area contributed by atoms with Gasteiger partial charge >= 0.3 is 0 Å². The molecule has 0 spiro atoms. The van der Waals surface area contributed by atoms with Gasteiger partial charge in [-0.15, -0.1) is 0 Å². The van der Waals surface area contributed by atoms with Gasteiger partial charge in [0.15, 0.2) is 0 Å². The Labute approximate surface area is 128 Å². The third kappa shape index (κ3) is 3.71. The van der Waals surface area contributed by atoms with E-state index in [0.717, 1.165) is 11.8 Å². The number of aromatic nitrogens is 1. The Bertz CT molecular complexity index is 659. The van der Waals surface area contributed by atoms with E-state index in [1.54, 1.807) is 6.07 Å². The van der Waals surface area contributed by atoms with E-state index in [0.29, 0.717) is 34.8 Å². The Morgan fingerprint density at radius 1 is 1.38 bits per heavy atom. The number of benzene rings is 1. The molecule has 0 amide bonds. The van der Waals surface area contributed by atoms with Crippen LogP contribution in [0.15, 0.2) is 30.5 Å². The van der Waals surface area contributed by atoms with Crippen molar-refractivity contribution in [3.05, 3.63) is 52.4 Å². The standard InChI is InChI=1S/C16H16ClFN2O/c1-10-2-5-14(17)15(6-10)21-16-11(7-12(18)9-20-16)8-19-13-3-4-13/h2,5-7,9,13,19H,3-4,8H2,1H3. The molecule has 110 valence electrons. The summed E-state index contributed by atoms with van der Waals surface area (Å²) in [5, 5.41) is 3.84. The van der Waals surface area contributed by atoms with Gasteiger partial charge in [0.25, 0.3) is 0 Å². The molecule has 1 aromatic heterocycles. The monoisotopic (exact) mass is 306 g/mol. The predicted molar refractivity (Wildman–Crippen MR) is 80.3 cm³/mol. The maximum atomic E-state index is 13.4. The second-order valence-corrected chi connectivity index (χ2v) is 5.72. The highest BCUT2D eigenvalue weighted by Gasteiger charge is 2.21. The summed E-state index contributed by atoms with van der Waals surface area (Å²) in [7, 11) is 0. The van der Waals surface area contributed by atoms with Crippen LogP contribution in [0.2, 0.25) is 5.02 Å². The van der Waals surface area contributed by atoms with Gasteiger partial charge in [-0.05, 0) is 43.5 Å². The van der Waals surface area contributed by atoms with Crippen LogP contribution >= 0.6 is 11.6 Å². The van der Waals surface area contributed by atoms with Crippen LogP contribution in [0.5, 0.6) is 11.6 Å². The van der Waals surface area contributed by atoms with Crippen molar-refractivity contribution < 1.29 is 9.13 Å². The van der Waals surface area contributed by atoms with Gasteiger partial charge in [0, 0.05) is 18.2 Å². The molecule has 3 rings (SSSR count). The van der Waals surface area contributed by atoms with Gasteiger partial charge in [-0.25, -0.2) is 9.37 Å². The second-order valence-electron chi connectivity index (χ2n) is 5.31. The Morgan fingerprint density at radius 2 is 2.19 bits per heavy atom. The van der Waals surface area contributed by atoms with Crippen LogP contribution in [0.25, 0.3) is 0 Å². The largest absolute Gasteiger partial charge is 0.437 e. The third-order valence-electron chi connectivity index (χ3n) is 3.34. The molecule has 0 radical (unpaired) electrons. The fourth-order valence-corrected chi connectivity index (χ4v) is 2.18. The van der Waals surface area contributed by atoms with E-state index >= 15 is 0 Å². The van der Waals surface area contributed by atoms with Crippen molar-refractivity contribution in [1.82, 2.24) is 10.3 Å². The Morgan fingerprint density at radius 3 is 2.95 bits per heavy atom. The van der Waals surface area contributed by atoms with Crippen LogP contribution in [-0.4, -0.2) is 11.0 Å². The van der Waals surface area contributed by atoms with Gasteiger partial charge in [0.2, 0.25) is 5.88 Å². The summed E-state index contributed by atoms with van der Waals surface area (Å²) in [5.74, 6) is 0.547. The summed E-state index contributed by atoms with van der Waals surface area (Å²) in [4.78, 5) is 4.05. The highest BCUT2D eigenvalue weighted by atomic mass is 35.5. The van der Waals surface area contributed by atoms with Crippen molar-refractivity contribution >= 4 is 11.6 Å². The van der Waals surface area contributed by atoms with Crippen molar-refractivity contribution in [2.45, 2.75) is 32.4 Å². The molecule has 0 atom stereocenters. The molecule has 2 aromatic rings. The number of hydrogen-bond acceptors (Lipinski definition) is 3. The molecule has 1 fully saturated rings. The highest BCUT2D eigenvalue weighted by molar-refractivity contribution is 6.32. The second kappa shape index (κ2) is 6.00. The Balaban J connectivity index is 1.84. The molecule has 0 saturated heterocycles. The van der Waals surface area contributed by atoms with Gasteiger partial charge in [0.05, 0.1) is 11.2 Å². The summed E-state index contributed by atoms with van der Waals surface area (Å²) in [6.45, 7) is 2.49. The predicted octanol–water partition coefficient (Wildman–Crippen LogP) is 4.23. The van der Waals surface area contributed by atoms with Crippen LogP contribution in [0.3, 0.4) is 0 Å². The number of nitrogens with one attached hydrogen (secondary N) is 1. The van der Waals surface area contributed by atoms with Gasteiger partial charge in [-0.1, -0.05) is 17.7 Å². The fraction of sp³-hybridized carbons (Fsp3) is 0.312. The molecule has 0 unspecified atom stereocenters. The maximum absolute atomic E-state index is 13.4. The first-order valence-corrected chi connectivity index (χ1v) is 7.31. The van der Waals surface area contributed by atoms with Crippen molar-refractivity contribution in [2.75, 3.05) is 0 Å². The molecule has 1 heterocycles. The van der Waals surface area contributed by atoms with Crippen molar-refractivity contribution in [1.29, 1.82) is 0 Å². The number of aryl methyl sites for hydroxylation is 1. The van der Waals surface area contributed by atoms with E-state index in [9.17, 15) is 4.39 Å². The number of ether oxygens (including phenoxy) is 1. The lowest BCUT2D eigenvalue weighted by atomic mass is 10.2. The summed E-state index contributed by atoms with van der Waals surface area (Å²) in [6, 6.07) is 7.50. The Hall–Kier alpha value is -1.65. The molecular formula is C16H16ClFN2O. The minimum atomic E-state index is -0.370. The fourth-order valence-electron chi connectivity index (χ4n) is 2.02. The number of halogens is 2. The zero-order chi connectivity index (χ0) is 14.8. The van der Waals surface area contributed by atoms with E-state index in [2.05, 4.69) is 10.3 Å². The molecule has 5 heteroatoms. The lowest BCUT2D eigenvalue weighted by Gasteiger charge is -2.12. The molecule has 1 aliphatic carbocycles. The Kier molecular flexibility index (Phi) is 4.08. The lowest BCUT2D eigenvalue weighted by Crippen LogP contribution is -2.16.